The lowest BCUT2D eigenvalue weighted by atomic mass is 10.2. The van der Waals surface area contributed by atoms with Gasteiger partial charge in [0.15, 0.2) is 5.96 Å². The molecule has 3 N–H and O–H groups in total. The van der Waals surface area contributed by atoms with Gasteiger partial charge in [0.1, 0.15) is 11.6 Å². The maximum Gasteiger partial charge on any atom is 0.188 e. The summed E-state index contributed by atoms with van der Waals surface area (Å²) in [6, 6.07) is 6.04. The van der Waals surface area contributed by atoms with Crippen molar-refractivity contribution in [2.75, 3.05) is 19.7 Å². The van der Waals surface area contributed by atoms with Crippen LogP contribution in [0, 0.1) is 11.7 Å². The van der Waals surface area contributed by atoms with Gasteiger partial charge in [-0.3, -0.25) is 4.99 Å². The molecule has 1 rings (SSSR count). The molecule has 0 aliphatic carbocycles. The van der Waals surface area contributed by atoms with E-state index in [2.05, 4.69) is 24.2 Å². The van der Waals surface area contributed by atoms with Crippen LogP contribution in [0.2, 0.25) is 0 Å². The monoisotopic (exact) mass is 409 g/mol. The van der Waals surface area contributed by atoms with Gasteiger partial charge in [-0.1, -0.05) is 13.8 Å². The standard InChI is InChI=1S/C15H24FN3O.HI/c1-12(2)11-19-15(17)18-9-3-4-10-20-14-7-5-13(16)6-8-14;/h5-8,12H,3-4,9-11H2,1-2H3,(H3,17,18,19);1H. The molecule has 0 fully saturated rings. The molecule has 1 aromatic rings. The van der Waals surface area contributed by atoms with Gasteiger partial charge in [-0.2, -0.15) is 0 Å². The van der Waals surface area contributed by atoms with Gasteiger partial charge >= 0.3 is 0 Å². The molecule has 0 amide bonds. The zero-order valence-electron chi connectivity index (χ0n) is 12.6. The van der Waals surface area contributed by atoms with Crippen molar-refractivity contribution >= 4 is 29.9 Å². The Morgan fingerprint density at radius 1 is 1.29 bits per heavy atom. The average Bonchev–Trinajstić information content (AvgIpc) is 2.42. The molecule has 0 bridgehead atoms. The molecule has 1 aromatic carbocycles. The summed E-state index contributed by atoms with van der Waals surface area (Å²) >= 11 is 0. The van der Waals surface area contributed by atoms with Gasteiger partial charge in [0.2, 0.25) is 0 Å². The average molecular weight is 409 g/mol. The Kier molecular flexibility index (Phi) is 11.0. The van der Waals surface area contributed by atoms with Gasteiger partial charge in [-0.05, 0) is 43.0 Å². The van der Waals surface area contributed by atoms with E-state index in [9.17, 15) is 4.39 Å². The van der Waals surface area contributed by atoms with Crippen molar-refractivity contribution < 1.29 is 9.13 Å². The van der Waals surface area contributed by atoms with Crippen molar-refractivity contribution in [2.45, 2.75) is 26.7 Å². The van der Waals surface area contributed by atoms with Crippen molar-refractivity contribution in [2.24, 2.45) is 16.6 Å². The quantitative estimate of drug-likeness (QED) is 0.300. The molecule has 0 saturated carbocycles. The molecule has 0 saturated heterocycles. The van der Waals surface area contributed by atoms with Crippen LogP contribution >= 0.6 is 24.0 Å². The van der Waals surface area contributed by atoms with Crippen molar-refractivity contribution in [3.05, 3.63) is 30.1 Å². The third-order valence-electron chi connectivity index (χ3n) is 2.59. The Morgan fingerprint density at radius 2 is 1.95 bits per heavy atom. The lowest BCUT2D eigenvalue weighted by molar-refractivity contribution is 0.306. The molecule has 0 aliphatic rings. The maximum absolute atomic E-state index is 12.7. The zero-order valence-corrected chi connectivity index (χ0v) is 15.0. The summed E-state index contributed by atoms with van der Waals surface area (Å²) in [7, 11) is 0. The Balaban J connectivity index is 0.00000400. The second-order valence-corrected chi connectivity index (χ2v) is 5.06. The maximum atomic E-state index is 12.7. The van der Waals surface area contributed by atoms with Crippen molar-refractivity contribution in [3.8, 4) is 5.75 Å². The fraction of sp³-hybridized carbons (Fsp3) is 0.533. The van der Waals surface area contributed by atoms with Crippen LogP contribution in [0.1, 0.15) is 26.7 Å². The number of ether oxygens (including phenoxy) is 1. The number of nitrogens with two attached hydrogens (primary N) is 1. The van der Waals surface area contributed by atoms with E-state index in [0.717, 1.165) is 25.9 Å². The Labute approximate surface area is 143 Å². The Bertz CT molecular complexity index is 410. The molecular formula is C15H25FIN3O. The molecule has 0 spiro atoms. The predicted octanol–water partition coefficient (Wildman–Crippen LogP) is 3.16. The second kappa shape index (κ2) is 11.6. The molecule has 4 nitrogen and oxygen atoms in total. The summed E-state index contributed by atoms with van der Waals surface area (Å²) in [5.41, 5.74) is 5.71. The van der Waals surface area contributed by atoms with Crippen LogP contribution in [-0.2, 0) is 0 Å². The normalized spacial score (nSPS) is 11.1. The predicted molar refractivity (Wildman–Crippen MR) is 95.9 cm³/mol. The highest BCUT2D eigenvalue weighted by atomic mass is 127. The number of rotatable bonds is 8. The summed E-state index contributed by atoms with van der Waals surface area (Å²) in [6.45, 7) is 6.33. The SMILES string of the molecule is CC(C)CN=C(N)NCCCCOc1ccc(F)cc1.I. The van der Waals surface area contributed by atoms with Gasteiger partial charge in [-0.25, -0.2) is 4.39 Å². The number of nitrogens with zero attached hydrogens (tertiary/aromatic N) is 1. The minimum atomic E-state index is -0.252. The number of halogens is 2. The summed E-state index contributed by atoms with van der Waals surface area (Å²) in [5, 5.41) is 3.07. The molecule has 6 heteroatoms. The van der Waals surface area contributed by atoms with Crippen molar-refractivity contribution in [1.82, 2.24) is 5.32 Å². The lowest BCUT2D eigenvalue weighted by Crippen LogP contribution is -2.33. The fourth-order valence-electron chi connectivity index (χ4n) is 1.50. The van der Waals surface area contributed by atoms with E-state index >= 15 is 0 Å². The first-order valence-corrected chi connectivity index (χ1v) is 7.00. The minimum Gasteiger partial charge on any atom is -0.494 e. The Morgan fingerprint density at radius 3 is 2.57 bits per heavy atom. The van der Waals surface area contributed by atoms with E-state index in [1.54, 1.807) is 12.1 Å². The summed E-state index contributed by atoms with van der Waals surface area (Å²) in [6.07, 6.45) is 1.85. The van der Waals surface area contributed by atoms with Crippen LogP contribution < -0.4 is 15.8 Å². The van der Waals surface area contributed by atoms with Crippen LogP contribution in [0.25, 0.3) is 0 Å². The van der Waals surface area contributed by atoms with E-state index < -0.39 is 0 Å². The Hall–Kier alpha value is -1.05. The van der Waals surface area contributed by atoms with E-state index in [-0.39, 0.29) is 29.8 Å². The number of benzene rings is 1. The van der Waals surface area contributed by atoms with E-state index in [1.807, 2.05) is 0 Å². The third-order valence-corrected chi connectivity index (χ3v) is 2.59. The lowest BCUT2D eigenvalue weighted by Gasteiger charge is -2.08. The molecule has 0 aromatic heterocycles. The zero-order chi connectivity index (χ0) is 14.8. The van der Waals surface area contributed by atoms with E-state index in [0.29, 0.717) is 24.2 Å². The van der Waals surface area contributed by atoms with Crippen molar-refractivity contribution in [3.63, 3.8) is 0 Å². The fourth-order valence-corrected chi connectivity index (χ4v) is 1.50. The van der Waals surface area contributed by atoms with Gasteiger partial charge < -0.3 is 15.8 Å². The minimum absolute atomic E-state index is 0. The number of hydrogen-bond acceptors (Lipinski definition) is 2. The summed E-state index contributed by atoms with van der Waals surface area (Å²) < 4.78 is 18.2. The highest BCUT2D eigenvalue weighted by Crippen LogP contribution is 2.11. The summed E-state index contributed by atoms with van der Waals surface area (Å²) in [5.74, 6) is 1.45. The molecule has 0 heterocycles. The smallest absolute Gasteiger partial charge is 0.188 e. The number of hydrogen-bond donors (Lipinski definition) is 2. The van der Waals surface area contributed by atoms with E-state index in [1.165, 1.54) is 12.1 Å². The van der Waals surface area contributed by atoms with E-state index in [4.69, 9.17) is 10.5 Å². The van der Waals surface area contributed by atoms with Gasteiger partial charge in [-0.15, -0.1) is 24.0 Å². The van der Waals surface area contributed by atoms with Crippen LogP contribution in [-0.4, -0.2) is 25.7 Å². The van der Waals surface area contributed by atoms with Crippen molar-refractivity contribution in [1.29, 1.82) is 0 Å². The third kappa shape index (κ3) is 10.3. The van der Waals surface area contributed by atoms with Crippen LogP contribution in [0.15, 0.2) is 29.3 Å². The molecule has 0 aliphatic heterocycles. The van der Waals surface area contributed by atoms with Gasteiger partial charge in [0.25, 0.3) is 0 Å². The van der Waals surface area contributed by atoms with Gasteiger partial charge in [0, 0.05) is 13.1 Å². The van der Waals surface area contributed by atoms with Gasteiger partial charge in [0.05, 0.1) is 6.61 Å². The number of guanidine groups is 1. The molecule has 0 radical (unpaired) electrons. The largest absolute Gasteiger partial charge is 0.494 e. The van der Waals surface area contributed by atoms with Crippen LogP contribution in [0.4, 0.5) is 4.39 Å². The molecule has 120 valence electrons. The number of nitrogens with one attached hydrogen (secondary N) is 1. The molecule has 0 atom stereocenters. The first-order chi connectivity index (χ1) is 9.58. The first kappa shape index (κ1) is 19.9. The van der Waals surface area contributed by atoms with Crippen LogP contribution in [0.5, 0.6) is 5.75 Å². The molecular weight excluding hydrogens is 384 g/mol. The number of unbranched alkanes of at least 4 members (excludes halogenated alkanes) is 1. The number of aliphatic imine (C=N–C) groups is 1. The first-order valence-electron chi connectivity index (χ1n) is 7.00. The van der Waals surface area contributed by atoms with Crippen LogP contribution in [0.3, 0.4) is 0 Å². The second-order valence-electron chi connectivity index (χ2n) is 5.06. The highest BCUT2D eigenvalue weighted by molar-refractivity contribution is 14.0. The molecule has 0 unspecified atom stereocenters. The topological polar surface area (TPSA) is 59.6 Å². The summed E-state index contributed by atoms with van der Waals surface area (Å²) in [4.78, 5) is 4.21. The highest BCUT2D eigenvalue weighted by Gasteiger charge is 1.96. The molecule has 21 heavy (non-hydrogen) atoms.